The Balaban J connectivity index is 1.78. The maximum absolute atomic E-state index is 13.5. The lowest BCUT2D eigenvalue weighted by atomic mass is 10.1. The summed E-state index contributed by atoms with van der Waals surface area (Å²) in [5.41, 5.74) is 3.60. The van der Waals surface area contributed by atoms with Crippen LogP contribution in [0.4, 0.5) is 15.8 Å². The van der Waals surface area contributed by atoms with Crippen molar-refractivity contribution in [2.45, 2.75) is 20.3 Å². The number of hydrogen-bond donors (Lipinski definition) is 3. The fourth-order valence-corrected chi connectivity index (χ4v) is 2.83. The minimum atomic E-state index is -0.337. The van der Waals surface area contributed by atoms with Gasteiger partial charge in [-0.15, -0.1) is 0 Å². The molecule has 0 spiro atoms. The number of aromatic amines is 1. The number of benzene rings is 2. The lowest BCUT2D eigenvalue weighted by molar-refractivity contribution is -0.115. The van der Waals surface area contributed by atoms with E-state index >= 15 is 0 Å². The fourth-order valence-electron chi connectivity index (χ4n) is 2.83. The molecule has 5 nitrogen and oxygen atoms in total. The number of carbonyl (C=O) groups is 2. The molecule has 0 aliphatic carbocycles. The maximum Gasteiger partial charge on any atom is 0.228 e. The maximum atomic E-state index is 13.5. The van der Waals surface area contributed by atoms with Crippen molar-refractivity contribution in [3.8, 4) is 0 Å². The Labute approximate surface area is 144 Å². The molecule has 0 bridgehead atoms. The van der Waals surface area contributed by atoms with Crippen molar-refractivity contribution in [2.75, 3.05) is 10.6 Å². The van der Waals surface area contributed by atoms with Crippen LogP contribution in [-0.2, 0) is 16.0 Å². The SMILES string of the molecule is CC(=O)Nc1cccc(NC(=O)Cc2c(C)[nH]c3ccc(F)cc23)c1. The van der Waals surface area contributed by atoms with Crippen LogP contribution >= 0.6 is 0 Å². The monoisotopic (exact) mass is 339 g/mol. The highest BCUT2D eigenvalue weighted by atomic mass is 19.1. The van der Waals surface area contributed by atoms with Gasteiger partial charge in [-0.05, 0) is 48.9 Å². The van der Waals surface area contributed by atoms with Crippen molar-refractivity contribution >= 4 is 34.1 Å². The first-order valence-electron chi connectivity index (χ1n) is 7.86. The number of rotatable bonds is 4. The quantitative estimate of drug-likeness (QED) is 0.677. The molecule has 0 aliphatic heterocycles. The smallest absolute Gasteiger partial charge is 0.228 e. The number of aryl methyl sites for hydroxylation is 1. The third-order valence-electron chi connectivity index (χ3n) is 3.89. The van der Waals surface area contributed by atoms with E-state index in [0.717, 1.165) is 16.8 Å². The zero-order chi connectivity index (χ0) is 18.0. The van der Waals surface area contributed by atoms with E-state index in [4.69, 9.17) is 0 Å². The number of halogens is 1. The van der Waals surface area contributed by atoms with Crippen LogP contribution in [0.25, 0.3) is 10.9 Å². The number of carbonyl (C=O) groups excluding carboxylic acids is 2. The molecule has 3 rings (SSSR count). The topological polar surface area (TPSA) is 74.0 Å². The first kappa shape index (κ1) is 16.7. The average Bonchev–Trinajstić information content (AvgIpc) is 2.82. The van der Waals surface area contributed by atoms with E-state index in [1.165, 1.54) is 19.1 Å². The van der Waals surface area contributed by atoms with Crippen LogP contribution in [0.1, 0.15) is 18.2 Å². The summed E-state index contributed by atoms with van der Waals surface area (Å²) >= 11 is 0. The van der Waals surface area contributed by atoms with E-state index in [1.54, 1.807) is 30.3 Å². The van der Waals surface area contributed by atoms with Crippen LogP contribution < -0.4 is 10.6 Å². The molecule has 0 aliphatic rings. The Hall–Kier alpha value is -3.15. The average molecular weight is 339 g/mol. The third-order valence-corrected chi connectivity index (χ3v) is 3.89. The highest BCUT2D eigenvalue weighted by Crippen LogP contribution is 2.24. The number of amides is 2. The largest absolute Gasteiger partial charge is 0.358 e. The summed E-state index contributed by atoms with van der Waals surface area (Å²) in [7, 11) is 0. The predicted octanol–water partition coefficient (Wildman–Crippen LogP) is 3.76. The third kappa shape index (κ3) is 3.85. The molecular formula is C19H18FN3O2. The molecule has 3 aromatic rings. The molecule has 0 atom stereocenters. The van der Waals surface area contributed by atoms with Crippen LogP contribution in [0.3, 0.4) is 0 Å². The number of nitrogens with one attached hydrogen (secondary N) is 3. The van der Waals surface area contributed by atoms with Gasteiger partial charge in [-0.25, -0.2) is 4.39 Å². The van der Waals surface area contributed by atoms with E-state index in [-0.39, 0.29) is 24.1 Å². The van der Waals surface area contributed by atoms with Crippen molar-refractivity contribution in [3.05, 3.63) is 59.5 Å². The van der Waals surface area contributed by atoms with Gasteiger partial charge in [-0.3, -0.25) is 9.59 Å². The first-order valence-corrected chi connectivity index (χ1v) is 7.86. The van der Waals surface area contributed by atoms with Crippen LogP contribution in [0.2, 0.25) is 0 Å². The van der Waals surface area contributed by atoms with Crippen LogP contribution in [-0.4, -0.2) is 16.8 Å². The molecule has 0 saturated carbocycles. The second-order valence-electron chi connectivity index (χ2n) is 5.91. The first-order chi connectivity index (χ1) is 11.9. The number of aromatic nitrogens is 1. The molecular weight excluding hydrogens is 321 g/mol. The summed E-state index contributed by atoms with van der Waals surface area (Å²) in [6, 6.07) is 11.4. The number of hydrogen-bond acceptors (Lipinski definition) is 2. The highest BCUT2D eigenvalue weighted by molar-refractivity contribution is 5.97. The van der Waals surface area contributed by atoms with E-state index in [9.17, 15) is 14.0 Å². The van der Waals surface area contributed by atoms with Crippen molar-refractivity contribution in [1.82, 2.24) is 4.98 Å². The Morgan fingerprint density at radius 1 is 1.08 bits per heavy atom. The molecule has 0 unspecified atom stereocenters. The van der Waals surface area contributed by atoms with Crippen molar-refractivity contribution in [3.63, 3.8) is 0 Å². The van der Waals surface area contributed by atoms with Gasteiger partial charge in [0.15, 0.2) is 0 Å². The van der Waals surface area contributed by atoms with Gasteiger partial charge in [0.05, 0.1) is 6.42 Å². The molecule has 2 aromatic carbocycles. The second kappa shape index (κ2) is 6.76. The second-order valence-corrected chi connectivity index (χ2v) is 5.91. The normalized spacial score (nSPS) is 10.7. The van der Waals surface area contributed by atoms with Crippen molar-refractivity contribution in [1.29, 1.82) is 0 Å². The van der Waals surface area contributed by atoms with Crippen molar-refractivity contribution < 1.29 is 14.0 Å². The van der Waals surface area contributed by atoms with Gasteiger partial charge in [-0.1, -0.05) is 6.07 Å². The molecule has 6 heteroatoms. The van der Waals surface area contributed by atoms with Gasteiger partial charge in [0, 0.05) is 34.9 Å². The molecule has 2 amide bonds. The van der Waals surface area contributed by atoms with Gasteiger partial charge in [-0.2, -0.15) is 0 Å². The minimum Gasteiger partial charge on any atom is -0.358 e. The van der Waals surface area contributed by atoms with Gasteiger partial charge < -0.3 is 15.6 Å². The Kier molecular flexibility index (Phi) is 4.52. The summed E-state index contributed by atoms with van der Waals surface area (Å²) < 4.78 is 13.5. The Morgan fingerprint density at radius 3 is 2.52 bits per heavy atom. The summed E-state index contributed by atoms with van der Waals surface area (Å²) in [5.74, 6) is -0.732. The Morgan fingerprint density at radius 2 is 1.80 bits per heavy atom. The summed E-state index contributed by atoms with van der Waals surface area (Å²) in [6.07, 6.45) is 0.125. The van der Waals surface area contributed by atoms with Crippen LogP contribution in [0, 0.1) is 12.7 Å². The standard InChI is InChI=1S/C19H18FN3O2/c1-11-16(17-8-13(20)6-7-18(17)21-11)10-19(25)23-15-5-3-4-14(9-15)22-12(2)24/h3-9,21H,10H2,1-2H3,(H,22,24)(H,23,25). The molecule has 25 heavy (non-hydrogen) atoms. The zero-order valence-corrected chi connectivity index (χ0v) is 13.9. The molecule has 0 fully saturated rings. The van der Waals surface area contributed by atoms with E-state index in [2.05, 4.69) is 15.6 Å². The lowest BCUT2D eigenvalue weighted by Gasteiger charge is -2.08. The van der Waals surface area contributed by atoms with E-state index < -0.39 is 0 Å². The van der Waals surface area contributed by atoms with E-state index in [1.807, 2.05) is 6.92 Å². The highest BCUT2D eigenvalue weighted by Gasteiger charge is 2.13. The summed E-state index contributed by atoms with van der Waals surface area (Å²) in [6.45, 7) is 3.28. The van der Waals surface area contributed by atoms with Crippen molar-refractivity contribution in [2.24, 2.45) is 0 Å². The predicted molar refractivity (Wildman–Crippen MR) is 96.1 cm³/mol. The number of anilines is 2. The van der Waals surface area contributed by atoms with Gasteiger partial charge in [0.25, 0.3) is 0 Å². The van der Waals surface area contributed by atoms with Gasteiger partial charge >= 0.3 is 0 Å². The summed E-state index contributed by atoms with van der Waals surface area (Å²) in [5, 5.41) is 6.18. The fraction of sp³-hybridized carbons (Fsp3) is 0.158. The molecule has 1 aromatic heterocycles. The van der Waals surface area contributed by atoms with Gasteiger partial charge in [0.1, 0.15) is 5.82 Å². The summed E-state index contributed by atoms with van der Waals surface area (Å²) in [4.78, 5) is 26.7. The van der Waals surface area contributed by atoms with Crippen LogP contribution in [0.5, 0.6) is 0 Å². The Bertz CT molecular complexity index is 962. The molecule has 3 N–H and O–H groups in total. The molecule has 0 radical (unpaired) electrons. The molecule has 128 valence electrons. The molecule has 1 heterocycles. The van der Waals surface area contributed by atoms with Crippen LogP contribution in [0.15, 0.2) is 42.5 Å². The number of H-pyrrole nitrogens is 1. The zero-order valence-electron chi connectivity index (χ0n) is 13.9. The van der Waals surface area contributed by atoms with Gasteiger partial charge in [0.2, 0.25) is 11.8 Å². The molecule has 0 saturated heterocycles. The number of fused-ring (bicyclic) bond motifs is 1. The minimum absolute atomic E-state index is 0.125. The van der Waals surface area contributed by atoms with E-state index in [0.29, 0.717) is 16.8 Å². The lowest BCUT2D eigenvalue weighted by Crippen LogP contribution is -2.15.